The second-order valence-corrected chi connectivity index (χ2v) is 9.09. The van der Waals surface area contributed by atoms with Crippen molar-refractivity contribution in [2.24, 2.45) is 0 Å². The van der Waals surface area contributed by atoms with Gasteiger partial charge >= 0.3 is 12.1 Å². The van der Waals surface area contributed by atoms with Crippen molar-refractivity contribution < 1.29 is 23.1 Å². The average Bonchev–Trinajstić information content (AvgIpc) is 3.10. The van der Waals surface area contributed by atoms with Crippen LogP contribution in [0.1, 0.15) is 16.8 Å². The molecular weight excluding hydrogens is 507 g/mol. The van der Waals surface area contributed by atoms with Gasteiger partial charge in [-0.2, -0.15) is 18.3 Å². The normalized spacial score (nSPS) is 11.9. The number of carbonyl (C=O) groups is 1. The molecule has 0 saturated carbocycles. The van der Waals surface area contributed by atoms with E-state index in [1.807, 2.05) is 0 Å². The largest absolute Gasteiger partial charge is 0.480 e. The van der Waals surface area contributed by atoms with Crippen LogP contribution < -0.4 is 5.56 Å². The molecule has 37 heavy (non-hydrogen) atoms. The van der Waals surface area contributed by atoms with Gasteiger partial charge in [-0.15, -0.1) is 0 Å². The molecule has 1 N–H and O–H groups in total. The fourth-order valence-electron chi connectivity index (χ4n) is 4.59. The van der Waals surface area contributed by atoms with Crippen LogP contribution in [0.4, 0.5) is 13.2 Å². The van der Waals surface area contributed by atoms with Gasteiger partial charge in [0.05, 0.1) is 17.5 Å². The van der Waals surface area contributed by atoms with E-state index in [1.54, 1.807) is 54.0 Å². The number of aliphatic carboxylic acids is 1. The first-order chi connectivity index (χ1) is 17.5. The summed E-state index contributed by atoms with van der Waals surface area (Å²) >= 11 is 6.29. The molecule has 5 rings (SSSR count). The van der Waals surface area contributed by atoms with Gasteiger partial charge < -0.3 is 9.67 Å². The zero-order valence-corrected chi connectivity index (χ0v) is 20.1. The van der Waals surface area contributed by atoms with E-state index in [9.17, 15) is 27.9 Å². The summed E-state index contributed by atoms with van der Waals surface area (Å²) in [6.45, 7) is 1.43. The Labute approximate surface area is 213 Å². The van der Waals surface area contributed by atoms with E-state index in [4.69, 9.17) is 11.6 Å². The highest BCUT2D eigenvalue weighted by atomic mass is 35.5. The molecule has 6 nitrogen and oxygen atoms in total. The second-order valence-electron chi connectivity index (χ2n) is 8.65. The monoisotopic (exact) mass is 525 g/mol. The summed E-state index contributed by atoms with van der Waals surface area (Å²) in [7, 11) is 0. The standard InChI is InChI=1S/C27H19ClF3N3O3/c1-15-24(21-12-18(28)10-11-22(21)33(15)14-23(35)36)25-19-4-2-3-5-20(19)26(37)34(32-25)13-16-6-8-17(9-7-16)27(29,30)31/h2-12H,13-14H2,1H3,(H,35,36). The van der Waals surface area contributed by atoms with Crippen molar-refractivity contribution in [3.05, 3.63) is 98.9 Å². The maximum Gasteiger partial charge on any atom is 0.416 e. The molecule has 188 valence electrons. The molecule has 0 radical (unpaired) electrons. The highest BCUT2D eigenvalue weighted by molar-refractivity contribution is 6.31. The van der Waals surface area contributed by atoms with E-state index in [-0.39, 0.29) is 13.1 Å². The lowest BCUT2D eigenvalue weighted by atomic mass is 10.0. The minimum atomic E-state index is -4.47. The highest BCUT2D eigenvalue weighted by Gasteiger charge is 2.30. The third-order valence-corrected chi connectivity index (χ3v) is 6.53. The lowest BCUT2D eigenvalue weighted by molar-refractivity contribution is -0.138. The number of benzene rings is 3. The zero-order valence-electron chi connectivity index (χ0n) is 19.4. The van der Waals surface area contributed by atoms with Crippen LogP contribution in [0.25, 0.3) is 32.9 Å². The van der Waals surface area contributed by atoms with E-state index in [0.29, 0.717) is 49.2 Å². The number of fused-ring (bicyclic) bond motifs is 2. The molecule has 2 aromatic heterocycles. The minimum absolute atomic E-state index is 0.0532. The van der Waals surface area contributed by atoms with Crippen LogP contribution in [0.3, 0.4) is 0 Å². The molecule has 0 aliphatic heterocycles. The SMILES string of the molecule is Cc1c(-c2nn(Cc3ccc(C(F)(F)F)cc3)c(=O)c3ccccc23)c2cc(Cl)ccc2n1CC(=O)O. The third-order valence-electron chi connectivity index (χ3n) is 6.30. The molecule has 0 fully saturated rings. The summed E-state index contributed by atoms with van der Waals surface area (Å²) in [4.78, 5) is 24.9. The van der Waals surface area contributed by atoms with Gasteiger partial charge in [0.1, 0.15) is 12.2 Å². The minimum Gasteiger partial charge on any atom is -0.480 e. The fraction of sp³-hybridized carbons (Fsp3) is 0.148. The van der Waals surface area contributed by atoms with Crippen molar-refractivity contribution in [1.29, 1.82) is 0 Å². The summed E-state index contributed by atoms with van der Waals surface area (Å²) < 4.78 is 41.8. The highest BCUT2D eigenvalue weighted by Crippen LogP contribution is 2.38. The van der Waals surface area contributed by atoms with Gasteiger partial charge in [-0.1, -0.05) is 41.9 Å². The van der Waals surface area contributed by atoms with Gasteiger partial charge in [0.2, 0.25) is 0 Å². The molecule has 0 amide bonds. The van der Waals surface area contributed by atoms with Crippen molar-refractivity contribution in [3.8, 4) is 11.3 Å². The first-order valence-electron chi connectivity index (χ1n) is 11.2. The molecule has 0 spiro atoms. The summed E-state index contributed by atoms with van der Waals surface area (Å²) in [5.74, 6) is -1.02. The van der Waals surface area contributed by atoms with Crippen molar-refractivity contribution in [2.75, 3.05) is 0 Å². The van der Waals surface area contributed by atoms with E-state index >= 15 is 0 Å². The van der Waals surface area contributed by atoms with Gasteiger partial charge in [0.15, 0.2) is 0 Å². The maximum absolute atomic E-state index is 13.3. The first-order valence-corrected chi connectivity index (χ1v) is 11.6. The average molecular weight is 526 g/mol. The molecule has 0 bridgehead atoms. The molecule has 0 unspecified atom stereocenters. The van der Waals surface area contributed by atoms with Crippen molar-refractivity contribution in [2.45, 2.75) is 26.2 Å². The molecular formula is C27H19ClF3N3O3. The number of rotatable bonds is 5. The lowest BCUT2D eigenvalue weighted by Crippen LogP contribution is -2.24. The molecule has 10 heteroatoms. The smallest absolute Gasteiger partial charge is 0.416 e. The molecule has 5 aromatic rings. The fourth-order valence-corrected chi connectivity index (χ4v) is 4.76. The Morgan fingerprint density at radius 1 is 1.00 bits per heavy atom. The van der Waals surface area contributed by atoms with Gasteiger partial charge in [-0.05, 0) is 48.9 Å². The van der Waals surface area contributed by atoms with Gasteiger partial charge in [0, 0.05) is 32.6 Å². The quantitative estimate of drug-likeness (QED) is 0.299. The van der Waals surface area contributed by atoms with Crippen LogP contribution in [0.5, 0.6) is 0 Å². The molecule has 0 aliphatic rings. The molecule has 3 aromatic carbocycles. The Kier molecular flexibility index (Phi) is 6.03. The van der Waals surface area contributed by atoms with Crippen LogP contribution in [0, 0.1) is 6.92 Å². The van der Waals surface area contributed by atoms with E-state index in [1.165, 1.54) is 16.8 Å². The number of nitrogens with zero attached hydrogens (tertiary/aromatic N) is 3. The number of alkyl halides is 3. The van der Waals surface area contributed by atoms with Crippen LogP contribution in [-0.4, -0.2) is 25.4 Å². The number of carboxylic acids is 1. The van der Waals surface area contributed by atoms with Crippen molar-refractivity contribution >= 4 is 39.2 Å². The van der Waals surface area contributed by atoms with Crippen LogP contribution in [0.2, 0.25) is 5.02 Å². The Bertz CT molecular complexity index is 1740. The number of hydrogen-bond acceptors (Lipinski definition) is 3. The number of hydrogen-bond donors (Lipinski definition) is 1. The van der Waals surface area contributed by atoms with E-state index in [2.05, 4.69) is 5.10 Å². The van der Waals surface area contributed by atoms with Crippen molar-refractivity contribution in [3.63, 3.8) is 0 Å². The number of aromatic nitrogens is 3. The number of carboxylic acid groups (broad SMARTS) is 1. The first kappa shape index (κ1) is 24.6. The Hall–Kier alpha value is -4.11. The summed E-state index contributed by atoms with van der Waals surface area (Å²) in [5, 5.41) is 16.2. The van der Waals surface area contributed by atoms with E-state index < -0.39 is 23.3 Å². The molecule has 2 heterocycles. The maximum atomic E-state index is 13.3. The number of halogens is 4. The summed E-state index contributed by atoms with van der Waals surface area (Å²) in [6.07, 6.45) is -4.47. The molecule has 0 aliphatic carbocycles. The van der Waals surface area contributed by atoms with E-state index in [0.717, 1.165) is 12.1 Å². The second kappa shape index (κ2) is 9.08. The van der Waals surface area contributed by atoms with Gasteiger partial charge in [-0.25, -0.2) is 4.68 Å². The van der Waals surface area contributed by atoms with Crippen LogP contribution in [0.15, 0.2) is 71.5 Å². The summed E-state index contributed by atoms with van der Waals surface area (Å²) in [5.41, 5.74) is 1.62. The molecule has 0 saturated heterocycles. The Morgan fingerprint density at radius 3 is 2.32 bits per heavy atom. The predicted octanol–water partition coefficient (Wildman–Crippen LogP) is 6.13. The zero-order chi connectivity index (χ0) is 26.5. The Morgan fingerprint density at radius 2 is 1.68 bits per heavy atom. The van der Waals surface area contributed by atoms with Crippen LogP contribution >= 0.6 is 11.6 Å². The van der Waals surface area contributed by atoms with Gasteiger partial charge in [0.25, 0.3) is 5.56 Å². The predicted molar refractivity (Wildman–Crippen MR) is 135 cm³/mol. The Balaban J connectivity index is 1.75. The van der Waals surface area contributed by atoms with Crippen molar-refractivity contribution in [1.82, 2.24) is 14.3 Å². The molecule has 0 atom stereocenters. The van der Waals surface area contributed by atoms with Gasteiger partial charge in [-0.3, -0.25) is 9.59 Å². The summed E-state index contributed by atoms with van der Waals surface area (Å²) in [6, 6.07) is 16.6. The lowest BCUT2D eigenvalue weighted by Gasteiger charge is -2.13. The van der Waals surface area contributed by atoms with Crippen LogP contribution in [-0.2, 0) is 24.1 Å². The third kappa shape index (κ3) is 4.46. The topological polar surface area (TPSA) is 77.1 Å².